The van der Waals surface area contributed by atoms with Gasteiger partial charge >= 0.3 is 11.9 Å². The van der Waals surface area contributed by atoms with Crippen LogP contribution in [0.2, 0.25) is 0 Å². The van der Waals surface area contributed by atoms with Crippen LogP contribution in [0.5, 0.6) is 0 Å². The minimum atomic E-state index is -1.28. The number of aromatic nitrogens is 1. The van der Waals surface area contributed by atoms with Crippen molar-refractivity contribution in [3.05, 3.63) is 40.5 Å². The first-order chi connectivity index (χ1) is 13.8. The van der Waals surface area contributed by atoms with Crippen molar-refractivity contribution in [3.8, 4) is 0 Å². The molecule has 1 aromatic rings. The normalized spacial score (nSPS) is 21.2. The molecule has 0 spiro atoms. The van der Waals surface area contributed by atoms with E-state index in [0.717, 1.165) is 4.90 Å². The fourth-order valence-corrected chi connectivity index (χ4v) is 4.57. The lowest BCUT2D eigenvalue weighted by atomic mass is 10.0. The van der Waals surface area contributed by atoms with Crippen LogP contribution in [0.15, 0.2) is 40.0 Å². The molecule has 0 radical (unpaired) electrons. The van der Waals surface area contributed by atoms with E-state index in [1.165, 1.54) is 40.1 Å². The summed E-state index contributed by atoms with van der Waals surface area (Å²) < 4.78 is 0. The number of carbonyl (C=O) groups is 4. The summed E-state index contributed by atoms with van der Waals surface area (Å²) in [4.78, 5) is 57.0. The number of oxime groups is 1. The molecule has 2 aliphatic rings. The fourth-order valence-electron chi connectivity index (χ4n) is 2.70. The molecule has 11 nitrogen and oxygen atoms in total. The molecule has 1 fully saturated rings. The monoisotopic (exact) mass is 438 g/mol. The van der Waals surface area contributed by atoms with Gasteiger partial charge in [-0.1, -0.05) is 17.8 Å². The molecule has 2 amide bonds. The van der Waals surface area contributed by atoms with E-state index in [2.05, 4.69) is 26.9 Å². The molecule has 152 valence electrons. The van der Waals surface area contributed by atoms with Gasteiger partial charge in [0.15, 0.2) is 5.71 Å². The van der Waals surface area contributed by atoms with Crippen molar-refractivity contribution < 1.29 is 34.2 Å². The maximum absolute atomic E-state index is 12.6. The van der Waals surface area contributed by atoms with Crippen LogP contribution < -0.4 is 5.32 Å². The molecular formula is C16H14N4O7S2. The molecule has 0 aromatic carbocycles. The fraction of sp³-hybridized carbons (Fsp3) is 0.250. The van der Waals surface area contributed by atoms with Crippen molar-refractivity contribution >= 4 is 52.6 Å². The summed E-state index contributed by atoms with van der Waals surface area (Å²) in [5, 5.41) is 25.0. The Morgan fingerprint density at radius 3 is 2.79 bits per heavy atom. The van der Waals surface area contributed by atoms with E-state index < -0.39 is 41.8 Å². The molecule has 2 aliphatic heterocycles. The number of thioether (sulfide) groups is 1. The highest BCUT2D eigenvalue weighted by molar-refractivity contribution is 8.00. The Morgan fingerprint density at radius 2 is 2.21 bits per heavy atom. The van der Waals surface area contributed by atoms with Gasteiger partial charge < -0.3 is 20.4 Å². The first-order valence-corrected chi connectivity index (χ1v) is 9.99. The van der Waals surface area contributed by atoms with Crippen molar-refractivity contribution in [3.63, 3.8) is 0 Å². The number of hydrogen-bond donors (Lipinski definition) is 3. The maximum atomic E-state index is 12.6. The second kappa shape index (κ2) is 8.45. The molecule has 0 bridgehead atoms. The van der Waals surface area contributed by atoms with E-state index in [1.807, 2.05) is 0 Å². The highest BCUT2D eigenvalue weighted by Gasteiger charge is 2.54. The van der Waals surface area contributed by atoms with Crippen LogP contribution in [0, 0.1) is 0 Å². The van der Waals surface area contributed by atoms with E-state index in [9.17, 15) is 24.3 Å². The zero-order chi connectivity index (χ0) is 21.1. The Kier molecular flexibility index (Phi) is 5.98. The summed E-state index contributed by atoms with van der Waals surface area (Å²) in [6, 6.07) is -0.975. The summed E-state index contributed by atoms with van der Waals surface area (Å²) >= 11 is 2.47. The number of carbonyl (C=O) groups excluding carboxylic acids is 2. The zero-order valence-electron chi connectivity index (χ0n) is 14.6. The number of nitrogens with one attached hydrogen (secondary N) is 1. The predicted octanol–water partition coefficient (Wildman–Crippen LogP) is -0.127. The van der Waals surface area contributed by atoms with Crippen LogP contribution in [0.25, 0.3) is 0 Å². The number of β-lactam (4-membered cyclic amide) rings is 1. The number of rotatable bonds is 8. The van der Waals surface area contributed by atoms with E-state index in [1.54, 1.807) is 0 Å². The molecule has 3 heterocycles. The first-order valence-electron chi connectivity index (χ1n) is 7.99. The molecule has 29 heavy (non-hydrogen) atoms. The minimum Gasteiger partial charge on any atom is -0.479 e. The molecular weight excluding hydrogens is 424 g/mol. The lowest BCUT2D eigenvalue weighted by Gasteiger charge is -2.49. The van der Waals surface area contributed by atoms with Gasteiger partial charge in [0.25, 0.3) is 11.8 Å². The van der Waals surface area contributed by atoms with Crippen LogP contribution in [0.3, 0.4) is 0 Å². The van der Waals surface area contributed by atoms with Gasteiger partial charge in [-0.2, -0.15) is 0 Å². The summed E-state index contributed by atoms with van der Waals surface area (Å²) in [5.41, 5.74) is 1.57. The van der Waals surface area contributed by atoms with E-state index in [4.69, 9.17) is 5.11 Å². The van der Waals surface area contributed by atoms with Gasteiger partial charge in [-0.15, -0.1) is 23.1 Å². The molecule has 1 saturated heterocycles. The summed E-state index contributed by atoms with van der Waals surface area (Å²) in [7, 11) is 0. The number of nitrogens with zero attached hydrogens (tertiary/aromatic N) is 3. The number of thiazole rings is 1. The van der Waals surface area contributed by atoms with Gasteiger partial charge in [-0.25, -0.2) is 14.6 Å². The van der Waals surface area contributed by atoms with Gasteiger partial charge in [0.05, 0.1) is 5.51 Å². The van der Waals surface area contributed by atoms with Gasteiger partial charge in [0.2, 0.25) is 6.61 Å². The zero-order valence-corrected chi connectivity index (χ0v) is 16.2. The topological polar surface area (TPSA) is 158 Å². The Balaban J connectivity index is 1.77. The highest BCUT2D eigenvalue weighted by Crippen LogP contribution is 2.40. The van der Waals surface area contributed by atoms with Crippen LogP contribution in [-0.4, -0.2) is 73.3 Å². The van der Waals surface area contributed by atoms with E-state index in [-0.39, 0.29) is 17.1 Å². The number of aliphatic carboxylic acids is 2. The van der Waals surface area contributed by atoms with Crippen molar-refractivity contribution in [2.24, 2.45) is 5.16 Å². The van der Waals surface area contributed by atoms with Gasteiger partial charge in [-0.3, -0.25) is 14.5 Å². The lowest BCUT2D eigenvalue weighted by Crippen LogP contribution is -2.71. The summed E-state index contributed by atoms with van der Waals surface area (Å²) in [6.07, 6.45) is 1.39. The van der Waals surface area contributed by atoms with Crippen LogP contribution >= 0.6 is 23.1 Å². The number of allylic oxidation sites excluding steroid dienone is 1. The average molecular weight is 438 g/mol. The Morgan fingerprint density at radius 1 is 1.45 bits per heavy atom. The molecule has 1 unspecified atom stereocenters. The van der Waals surface area contributed by atoms with Gasteiger partial charge in [0.1, 0.15) is 22.8 Å². The van der Waals surface area contributed by atoms with Gasteiger partial charge in [0, 0.05) is 11.1 Å². The molecule has 3 N–H and O–H groups in total. The number of hydrogen-bond acceptors (Lipinski definition) is 9. The number of fused-ring (bicyclic) bond motifs is 1. The standard InChI is InChI=1S/C16H14N4O7S2/c1-2-7-4-29-15-11(14(24)20(15)12(7)16(25)26)18-13(23)10(8-5-28-6-17-8)19-27-3-9(21)22/h2,5-6,11,15H,1,3-4H2,(H,18,23)(H,21,22)(H,25,26)/t11?,15-/m1/s1. The Bertz CT molecular complexity index is 941. The molecule has 0 aliphatic carbocycles. The molecule has 3 rings (SSSR count). The second-order valence-electron chi connectivity index (χ2n) is 5.72. The van der Waals surface area contributed by atoms with Crippen molar-refractivity contribution in [2.45, 2.75) is 11.4 Å². The third kappa shape index (κ3) is 4.00. The first kappa shape index (κ1) is 20.5. The van der Waals surface area contributed by atoms with Gasteiger partial charge in [-0.05, 0) is 5.57 Å². The van der Waals surface area contributed by atoms with Crippen molar-refractivity contribution in [1.29, 1.82) is 0 Å². The van der Waals surface area contributed by atoms with Crippen LogP contribution in [0.1, 0.15) is 5.69 Å². The minimum absolute atomic E-state index is 0.151. The molecule has 1 aromatic heterocycles. The van der Waals surface area contributed by atoms with Crippen molar-refractivity contribution in [1.82, 2.24) is 15.2 Å². The average Bonchev–Trinajstić information content (AvgIpc) is 3.21. The van der Waals surface area contributed by atoms with Crippen LogP contribution in [-0.2, 0) is 24.0 Å². The van der Waals surface area contributed by atoms with E-state index in [0.29, 0.717) is 11.3 Å². The smallest absolute Gasteiger partial charge is 0.352 e. The largest absolute Gasteiger partial charge is 0.479 e. The maximum Gasteiger partial charge on any atom is 0.352 e. The summed E-state index contributed by atoms with van der Waals surface area (Å²) in [6.45, 7) is 2.81. The number of amides is 2. The molecule has 13 heteroatoms. The highest BCUT2D eigenvalue weighted by atomic mass is 32.2. The van der Waals surface area contributed by atoms with Crippen LogP contribution in [0.4, 0.5) is 0 Å². The molecule has 2 atom stereocenters. The Hall–Kier alpha value is -3.19. The summed E-state index contributed by atoms with van der Waals surface area (Å²) in [5.74, 6) is -3.59. The Labute approximate surface area is 171 Å². The number of carboxylic acids is 2. The third-order valence-corrected chi connectivity index (χ3v) is 5.86. The lowest BCUT2D eigenvalue weighted by molar-refractivity contribution is -0.150. The van der Waals surface area contributed by atoms with Crippen molar-refractivity contribution in [2.75, 3.05) is 12.4 Å². The number of carboxylic acid groups (broad SMARTS) is 2. The SMILES string of the molecule is C=CC1=C(C(=O)O)N2C(=O)C(NC(=O)C(=NOCC(=O)O)c3cscn3)[C@H]2SC1. The second-order valence-corrected chi connectivity index (χ2v) is 7.55. The molecule has 0 saturated carbocycles. The predicted molar refractivity (Wildman–Crippen MR) is 102 cm³/mol. The third-order valence-electron chi connectivity index (χ3n) is 3.97. The van der Waals surface area contributed by atoms with E-state index >= 15 is 0 Å². The quantitative estimate of drug-likeness (QED) is 0.286.